The largest absolute Gasteiger partial charge is 0.465 e. The minimum absolute atomic E-state index is 0.301. The molecule has 5 nitrogen and oxygen atoms in total. The highest BCUT2D eigenvalue weighted by molar-refractivity contribution is 7.08. The van der Waals surface area contributed by atoms with Crippen LogP contribution in [-0.2, 0) is 9.53 Å². The Morgan fingerprint density at radius 3 is 3.00 bits per heavy atom. The minimum atomic E-state index is -0.468. The molecule has 2 heterocycles. The summed E-state index contributed by atoms with van der Waals surface area (Å²) < 4.78 is 10.3. The molecule has 102 valence electrons. The molecule has 0 aliphatic heterocycles. The normalized spacial score (nSPS) is 12.3. The van der Waals surface area contributed by atoms with Gasteiger partial charge in [-0.1, -0.05) is 18.5 Å². The average Bonchev–Trinajstić information content (AvgIpc) is 3.06. The summed E-state index contributed by atoms with van der Waals surface area (Å²) in [6.07, 6.45) is 1.49. The van der Waals surface area contributed by atoms with Gasteiger partial charge in [-0.25, -0.2) is 0 Å². The molecule has 19 heavy (non-hydrogen) atoms. The van der Waals surface area contributed by atoms with Crippen molar-refractivity contribution in [1.82, 2.24) is 10.1 Å². The highest BCUT2D eigenvalue weighted by Crippen LogP contribution is 2.25. The first-order valence-corrected chi connectivity index (χ1v) is 7.23. The van der Waals surface area contributed by atoms with E-state index in [0.717, 1.165) is 12.0 Å². The molecule has 0 aliphatic carbocycles. The van der Waals surface area contributed by atoms with E-state index in [-0.39, 0.29) is 5.97 Å². The van der Waals surface area contributed by atoms with Crippen LogP contribution in [0, 0.1) is 0 Å². The topological polar surface area (TPSA) is 65.2 Å². The lowest BCUT2D eigenvalue weighted by atomic mass is 10.0. The van der Waals surface area contributed by atoms with Crippen molar-refractivity contribution >= 4 is 17.3 Å². The van der Waals surface area contributed by atoms with Gasteiger partial charge < -0.3 is 9.26 Å². The van der Waals surface area contributed by atoms with E-state index in [0.29, 0.717) is 24.7 Å². The smallest absolute Gasteiger partial charge is 0.318 e. The summed E-state index contributed by atoms with van der Waals surface area (Å²) in [6.45, 7) is 4.14. The molecule has 0 aliphatic rings. The molecule has 0 fully saturated rings. The zero-order valence-electron chi connectivity index (χ0n) is 11.0. The van der Waals surface area contributed by atoms with Gasteiger partial charge >= 0.3 is 5.97 Å². The van der Waals surface area contributed by atoms with Crippen LogP contribution in [0.2, 0.25) is 0 Å². The van der Waals surface area contributed by atoms with E-state index >= 15 is 0 Å². The van der Waals surface area contributed by atoms with Gasteiger partial charge in [0, 0.05) is 10.9 Å². The second-order valence-electron chi connectivity index (χ2n) is 4.06. The fourth-order valence-electron chi connectivity index (χ4n) is 1.76. The molecule has 2 aromatic rings. The number of aromatic nitrogens is 2. The molecule has 0 spiro atoms. The Labute approximate surface area is 115 Å². The molecule has 0 aromatic carbocycles. The van der Waals surface area contributed by atoms with Gasteiger partial charge in [-0.15, -0.1) is 0 Å². The monoisotopic (exact) mass is 280 g/mol. The summed E-state index contributed by atoms with van der Waals surface area (Å²) in [5, 5.41) is 7.80. The predicted molar refractivity (Wildman–Crippen MR) is 71.9 cm³/mol. The maximum absolute atomic E-state index is 11.9. The van der Waals surface area contributed by atoms with Gasteiger partial charge in [-0.05, 0) is 24.8 Å². The fraction of sp³-hybridized carbons (Fsp3) is 0.462. The molecule has 0 radical (unpaired) electrons. The van der Waals surface area contributed by atoms with E-state index in [9.17, 15) is 4.79 Å². The second kappa shape index (κ2) is 6.47. The quantitative estimate of drug-likeness (QED) is 0.760. The maximum atomic E-state index is 11.9. The summed E-state index contributed by atoms with van der Waals surface area (Å²) in [6, 6.07) is 1.92. The van der Waals surface area contributed by atoms with Crippen LogP contribution in [0.1, 0.15) is 38.5 Å². The molecule has 2 rings (SSSR count). The van der Waals surface area contributed by atoms with E-state index in [1.165, 1.54) is 0 Å². The van der Waals surface area contributed by atoms with Crippen molar-refractivity contribution in [1.29, 1.82) is 0 Å². The van der Waals surface area contributed by atoms with Crippen LogP contribution in [0.5, 0.6) is 0 Å². The first-order valence-electron chi connectivity index (χ1n) is 6.29. The van der Waals surface area contributed by atoms with Crippen LogP contribution in [0.15, 0.2) is 21.3 Å². The molecule has 1 atom stereocenters. The zero-order valence-corrected chi connectivity index (χ0v) is 11.8. The van der Waals surface area contributed by atoms with Crippen molar-refractivity contribution in [2.45, 2.75) is 32.6 Å². The number of hydrogen-bond donors (Lipinski definition) is 0. The van der Waals surface area contributed by atoms with Crippen LogP contribution in [-0.4, -0.2) is 22.7 Å². The van der Waals surface area contributed by atoms with Crippen LogP contribution < -0.4 is 0 Å². The molecule has 0 bridgehead atoms. The van der Waals surface area contributed by atoms with Crippen LogP contribution in [0.3, 0.4) is 0 Å². The van der Waals surface area contributed by atoms with Crippen LogP contribution in [0.25, 0.3) is 11.4 Å². The zero-order chi connectivity index (χ0) is 13.7. The lowest BCUT2D eigenvalue weighted by Crippen LogP contribution is -2.16. The molecule has 6 heteroatoms. The van der Waals surface area contributed by atoms with Gasteiger partial charge in [0.1, 0.15) is 5.92 Å². The number of carbonyl (C=O) groups excluding carboxylic acids is 1. The number of esters is 1. The minimum Gasteiger partial charge on any atom is -0.465 e. The van der Waals surface area contributed by atoms with E-state index in [1.807, 2.05) is 23.8 Å². The average molecular weight is 280 g/mol. The van der Waals surface area contributed by atoms with Crippen molar-refractivity contribution < 1.29 is 14.1 Å². The molecule has 2 aromatic heterocycles. The number of hydrogen-bond acceptors (Lipinski definition) is 6. The third-order valence-corrected chi connectivity index (χ3v) is 3.35. The summed E-state index contributed by atoms with van der Waals surface area (Å²) in [4.78, 5) is 16.2. The highest BCUT2D eigenvalue weighted by Gasteiger charge is 2.27. The van der Waals surface area contributed by atoms with Crippen molar-refractivity contribution in [3.8, 4) is 11.4 Å². The lowest BCUT2D eigenvalue weighted by Gasteiger charge is -2.09. The number of rotatable bonds is 6. The molecule has 0 saturated heterocycles. The number of nitrogens with zero attached hydrogens (tertiary/aromatic N) is 2. The molecule has 0 N–H and O–H groups in total. The van der Waals surface area contributed by atoms with Gasteiger partial charge in [0.05, 0.1) is 6.61 Å². The maximum Gasteiger partial charge on any atom is 0.318 e. The van der Waals surface area contributed by atoms with Gasteiger partial charge in [-0.2, -0.15) is 16.3 Å². The van der Waals surface area contributed by atoms with Crippen molar-refractivity contribution in [3.63, 3.8) is 0 Å². The SMILES string of the molecule is CCCC(C(=O)OCC)c1nc(-c2ccsc2)no1. The Kier molecular flexibility index (Phi) is 4.68. The standard InChI is InChI=1S/C13H16N2O3S/c1-3-5-10(13(16)17-4-2)12-14-11(15-18-12)9-6-7-19-8-9/h6-8,10H,3-5H2,1-2H3. The number of thiophene rings is 1. The number of ether oxygens (including phenoxy) is 1. The Balaban J connectivity index is 2.20. The Bertz CT molecular complexity index is 522. The van der Waals surface area contributed by atoms with E-state index in [2.05, 4.69) is 10.1 Å². The van der Waals surface area contributed by atoms with Crippen molar-refractivity contribution in [3.05, 3.63) is 22.7 Å². The first kappa shape index (κ1) is 13.7. The van der Waals surface area contributed by atoms with Crippen LogP contribution >= 0.6 is 11.3 Å². The van der Waals surface area contributed by atoms with Gasteiger partial charge in [-0.3, -0.25) is 4.79 Å². The Morgan fingerprint density at radius 1 is 1.53 bits per heavy atom. The molecular formula is C13H16N2O3S. The van der Waals surface area contributed by atoms with E-state index in [1.54, 1.807) is 18.3 Å². The predicted octanol–water partition coefficient (Wildman–Crippen LogP) is 3.24. The van der Waals surface area contributed by atoms with E-state index < -0.39 is 5.92 Å². The molecule has 0 saturated carbocycles. The third kappa shape index (κ3) is 3.20. The summed E-state index contributed by atoms with van der Waals surface area (Å²) in [5.74, 6) is 0.0813. The third-order valence-electron chi connectivity index (χ3n) is 2.67. The van der Waals surface area contributed by atoms with Gasteiger partial charge in [0.15, 0.2) is 0 Å². The van der Waals surface area contributed by atoms with Crippen LogP contribution in [0.4, 0.5) is 0 Å². The second-order valence-corrected chi connectivity index (χ2v) is 4.84. The Morgan fingerprint density at radius 2 is 2.37 bits per heavy atom. The summed E-state index contributed by atoms with van der Waals surface area (Å²) >= 11 is 1.56. The van der Waals surface area contributed by atoms with Gasteiger partial charge in [0.2, 0.25) is 11.7 Å². The molecular weight excluding hydrogens is 264 g/mol. The summed E-state index contributed by atoms with van der Waals surface area (Å²) in [5.41, 5.74) is 0.902. The van der Waals surface area contributed by atoms with Crippen molar-refractivity contribution in [2.24, 2.45) is 0 Å². The first-order chi connectivity index (χ1) is 9.26. The van der Waals surface area contributed by atoms with E-state index in [4.69, 9.17) is 9.26 Å². The fourth-order valence-corrected chi connectivity index (χ4v) is 2.39. The Hall–Kier alpha value is -1.69. The number of carbonyl (C=O) groups is 1. The van der Waals surface area contributed by atoms with Crippen molar-refractivity contribution in [2.75, 3.05) is 6.61 Å². The van der Waals surface area contributed by atoms with Gasteiger partial charge in [0.25, 0.3) is 0 Å². The summed E-state index contributed by atoms with van der Waals surface area (Å²) in [7, 11) is 0. The molecule has 0 amide bonds. The highest BCUT2D eigenvalue weighted by atomic mass is 32.1. The lowest BCUT2D eigenvalue weighted by molar-refractivity contribution is -0.145. The molecule has 1 unspecified atom stereocenters.